The van der Waals surface area contributed by atoms with Gasteiger partial charge in [-0.05, 0) is 12.1 Å². The molecule has 20 heavy (non-hydrogen) atoms. The second-order valence-corrected chi connectivity index (χ2v) is 5.00. The van der Waals surface area contributed by atoms with Crippen molar-refractivity contribution in [1.82, 2.24) is 4.98 Å². The van der Waals surface area contributed by atoms with Crippen molar-refractivity contribution in [1.29, 1.82) is 0 Å². The largest absolute Gasteiger partial charge is 0.481 e. The van der Waals surface area contributed by atoms with Crippen LogP contribution in [0.25, 0.3) is 0 Å². The number of carboxylic acids is 1. The fraction of sp³-hybridized carbons (Fsp3) is 0.154. The smallest absolute Gasteiger partial charge is 0.303 e. The number of aliphatic carboxylic acids is 1. The predicted octanol–water partition coefficient (Wildman–Crippen LogP) is 1.99. The molecule has 2 rings (SSSR count). The van der Waals surface area contributed by atoms with Crippen molar-refractivity contribution < 1.29 is 14.7 Å². The summed E-state index contributed by atoms with van der Waals surface area (Å²) >= 11 is 1.27. The molecule has 4 N–H and O–H groups in total. The number of aromatic nitrogens is 1. The maximum Gasteiger partial charge on any atom is 0.303 e. The van der Waals surface area contributed by atoms with Gasteiger partial charge in [0.2, 0.25) is 0 Å². The first-order valence-electron chi connectivity index (χ1n) is 5.88. The molecule has 0 radical (unpaired) electrons. The fourth-order valence-electron chi connectivity index (χ4n) is 1.54. The maximum absolute atomic E-state index is 12.0. The Hall–Kier alpha value is -2.41. The number of amides is 1. The van der Waals surface area contributed by atoms with E-state index in [0.717, 1.165) is 0 Å². The number of carbonyl (C=O) groups is 2. The van der Waals surface area contributed by atoms with Crippen molar-refractivity contribution in [3.8, 4) is 0 Å². The van der Waals surface area contributed by atoms with Crippen molar-refractivity contribution in [2.45, 2.75) is 12.8 Å². The van der Waals surface area contributed by atoms with Crippen LogP contribution in [0.4, 0.5) is 11.4 Å². The Bertz CT molecular complexity index is 639. The molecule has 1 heterocycles. The number of benzene rings is 1. The van der Waals surface area contributed by atoms with E-state index < -0.39 is 5.97 Å². The lowest BCUT2D eigenvalue weighted by Gasteiger charge is -2.05. The first kappa shape index (κ1) is 14.0. The molecule has 104 valence electrons. The number of aryl methyl sites for hydroxylation is 1. The zero-order chi connectivity index (χ0) is 14.5. The van der Waals surface area contributed by atoms with Gasteiger partial charge < -0.3 is 16.2 Å². The third-order valence-corrected chi connectivity index (χ3v) is 3.45. The number of thiazole rings is 1. The van der Waals surface area contributed by atoms with Gasteiger partial charge in [-0.15, -0.1) is 11.3 Å². The molecule has 0 aliphatic heterocycles. The normalized spacial score (nSPS) is 10.2. The molecule has 0 bridgehead atoms. The molecular weight excluding hydrogens is 278 g/mol. The molecule has 0 saturated carbocycles. The minimum absolute atomic E-state index is 0.000204. The molecule has 0 unspecified atom stereocenters. The molecular formula is C13H13N3O3S. The van der Waals surface area contributed by atoms with Gasteiger partial charge in [0.25, 0.3) is 5.91 Å². The molecule has 1 aromatic carbocycles. The van der Waals surface area contributed by atoms with Gasteiger partial charge >= 0.3 is 5.97 Å². The number of hydrogen-bond acceptors (Lipinski definition) is 5. The van der Waals surface area contributed by atoms with E-state index in [2.05, 4.69) is 10.3 Å². The van der Waals surface area contributed by atoms with E-state index in [0.29, 0.717) is 22.8 Å². The number of nitrogens with zero attached hydrogens (tertiary/aromatic N) is 1. The van der Waals surface area contributed by atoms with Crippen LogP contribution in [0, 0.1) is 0 Å². The van der Waals surface area contributed by atoms with Crippen LogP contribution in [0.3, 0.4) is 0 Å². The second-order valence-electron chi connectivity index (χ2n) is 4.06. The van der Waals surface area contributed by atoms with Crippen LogP contribution in [0.1, 0.15) is 21.9 Å². The Labute approximate surface area is 119 Å². The van der Waals surface area contributed by atoms with Crippen LogP contribution in [-0.4, -0.2) is 22.0 Å². The van der Waals surface area contributed by atoms with Gasteiger partial charge in [-0.2, -0.15) is 0 Å². The topological polar surface area (TPSA) is 105 Å². The van der Waals surface area contributed by atoms with E-state index in [4.69, 9.17) is 10.8 Å². The number of carboxylic acid groups (broad SMARTS) is 1. The van der Waals surface area contributed by atoms with Gasteiger partial charge in [0.05, 0.1) is 22.8 Å². The summed E-state index contributed by atoms with van der Waals surface area (Å²) in [5, 5.41) is 13.5. The van der Waals surface area contributed by atoms with E-state index >= 15 is 0 Å². The lowest BCUT2D eigenvalue weighted by molar-refractivity contribution is -0.136. The highest BCUT2D eigenvalue weighted by Gasteiger charge is 2.12. The summed E-state index contributed by atoms with van der Waals surface area (Å²) in [6, 6.07) is 6.93. The molecule has 7 heteroatoms. The summed E-state index contributed by atoms with van der Waals surface area (Å²) in [4.78, 5) is 26.6. The lowest BCUT2D eigenvalue weighted by Crippen LogP contribution is -2.13. The van der Waals surface area contributed by atoms with Gasteiger partial charge in [0, 0.05) is 11.8 Å². The zero-order valence-electron chi connectivity index (χ0n) is 10.5. The van der Waals surface area contributed by atoms with Crippen molar-refractivity contribution in [2.24, 2.45) is 0 Å². The number of hydrogen-bond donors (Lipinski definition) is 3. The summed E-state index contributed by atoms with van der Waals surface area (Å²) < 4.78 is 0. The molecule has 0 atom stereocenters. The highest BCUT2D eigenvalue weighted by atomic mass is 32.1. The summed E-state index contributed by atoms with van der Waals surface area (Å²) in [6.45, 7) is 0. The highest BCUT2D eigenvalue weighted by Crippen LogP contribution is 2.19. The first-order chi connectivity index (χ1) is 9.56. The van der Waals surface area contributed by atoms with Gasteiger partial charge in [-0.1, -0.05) is 12.1 Å². The molecule has 0 spiro atoms. The van der Waals surface area contributed by atoms with Crippen LogP contribution < -0.4 is 11.1 Å². The fourth-order valence-corrected chi connectivity index (χ4v) is 2.32. The standard InChI is InChI=1S/C13H13N3O3S/c14-8-3-1-2-4-9(8)16-13(19)10-7-20-11(15-10)5-6-12(17)18/h1-4,7H,5-6,14H2,(H,16,19)(H,17,18). The Morgan fingerprint density at radius 2 is 2.10 bits per heavy atom. The van der Waals surface area contributed by atoms with Gasteiger partial charge in [-0.3, -0.25) is 9.59 Å². The van der Waals surface area contributed by atoms with Crippen LogP contribution >= 0.6 is 11.3 Å². The maximum atomic E-state index is 12.0. The summed E-state index contributed by atoms with van der Waals surface area (Å²) in [7, 11) is 0. The van der Waals surface area contributed by atoms with Crippen molar-refractivity contribution >= 4 is 34.6 Å². The summed E-state index contributed by atoms with van der Waals surface area (Å²) in [6.07, 6.45) is 0.320. The van der Waals surface area contributed by atoms with Crippen LogP contribution in [0.5, 0.6) is 0 Å². The quantitative estimate of drug-likeness (QED) is 0.731. The monoisotopic (exact) mass is 291 g/mol. The van der Waals surface area contributed by atoms with Crippen molar-refractivity contribution in [3.05, 3.63) is 40.3 Å². The predicted molar refractivity (Wildman–Crippen MR) is 76.9 cm³/mol. The van der Waals surface area contributed by atoms with E-state index in [9.17, 15) is 9.59 Å². The molecule has 0 saturated heterocycles. The number of rotatable bonds is 5. The molecule has 0 aliphatic carbocycles. The van der Waals surface area contributed by atoms with E-state index in [-0.39, 0.29) is 18.0 Å². The third kappa shape index (κ3) is 3.55. The number of nitrogen functional groups attached to an aromatic ring is 1. The minimum Gasteiger partial charge on any atom is -0.481 e. The second kappa shape index (κ2) is 6.16. The molecule has 1 aromatic heterocycles. The molecule has 0 aliphatic rings. The third-order valence-electron chi connectivity index (χ3n) is 2.55. The Morgan fingerprint density at radius 1 is 1.35 bits per heavy atom. The Kier molecular flexibility index (Phi) is 4.31. The molecule has 0 fully saturated rings. The van der Waals surface area contributed by atoms with Crippen LogP contribution in [0.15, 0.2) is 29.6 Å². The average molecular weight is 291 g/mol. The first-order valence-corrected chi connectivity index (χ1v) is 6.76. The molecule has 6 nitrogen and oxygen atoms in total. The van der Waals surface area contributed by atoms with E-state index in [1.54, 1.807) is 29.6 Å². The van der Waals surface area contributed by atoms with Gasteiger partial charge in [0.15, 0.2) is 0 Å². The number of para-hydroxylation sites is 2. The molecule has 1 amide bonds. The number of nitrogens with two attached hydrogens (primary N) is 1. The van der Waals surface area contributed by atoms with E-state index in [1.165, 1.54) is 11.3 Å². The lowest BCUT2D eigenvalue weighted by atomic mass is 10.2. The van der Waals surface area contributed by atoms with E-state index in [1.807, 2.05) is 0 Å². The minimum atomic E-state index is -0.886. The Balaban J connectivity index is 2.03. The van der Waals surface area contributed by atoms with Crippen molar-refractivity contribution in [3.63, 3.8) is 0 Å². The van der Waals surface area contributed by atoms with Gasteiger partial charge in [0.1, 0.15) is 5.69 Å². The van der Waals surface area contributed by atoms with Crippen LogP contribution in [0.2, 0.25) is 0 Å². The summed E-state index contributed by atoms with van der Waals surface area (Å²) in [5.41, 5.74) is 7.00. The zero-order valence-corrected chi connectivity index (χ0v) is 11.3. The SMILES string of the molecule is Nc1ccccc1NC(=O)c1csc(CCC(=O)O)n1. The van der Waals surface area contributed by atoms with Crippen LogP contribution in [-0.2, 0) is 11.2 Å². The Morgan fingerprint density at radius 3 is 2.80 bits per heavy atom. The van der Waals surface area contributed by atoms with Gasteiger partial charge in [-0.25, -0.2) is 4.98 Å². The number of carbonyl (C=O) groups excluding carboxylic acids is 1. The number of anilines is 2. The summed E-state index contributed by atoms with van der Waals surface area (Å²) in [5.74, 6) is -1.25. The number of nitrogens with one attached hydrogen (secondary N) is 1. The average Bonchev–Trinajstić information content (AvgIpc) is 2.88. The molecule has 2 aromatic rings. The highest BCUT2D eigenvalue weighted by molar-refractivity contribution is 7.09. The van der Waals surface area contributed by atoms with Crippen molar-refractivity contribution in [2.75, 3.05) is 11.1 Å².